The van der Waals surface area contributed by atoms with Crippen molar-refractivity contribution in [2.75, 3.05) is 25.0 Å². The number of fused-ring (bicyclic) bond motifs is 2. The molecule has 4 aromatic rings. The van der Waals surface area contributed by atoms with Crippen molar-refractivity contribution in [3.8, 4) is 0 Å². The van der Waals surface area contributed by atoms with Crippen molar-refractivity contribution in [3.63, 3.8) is 0 Å². The molecular formula is C20H19FN4OS. The zero-order chi connectivity index (χ0) is 18.8. The van der Waals surface area contributed by atoms with Gasteiger partial charge in [-0.1, -0.05) is 35.6 Å². The van der Waals surface area contributed by atoms with Gasteiger partial charge in [0.25, 0.3) is 0 Å². The molecule has 2 N–H and O–H groups in total. The number of likely N-dealkylation sites (N-methyl/N-ethyl adjacent to an activating group) is 1. The third-order valence-electron chi connectivity index (χ3n) is 4.46. The maximum Gasteiger partial charge on any atom is 0.239 e. The van der Waals surface area contributed by atoms with E-state index in [0.717, 1.165) is 16.6 Å². The fourth-order valence-electron chi connectivity index (χ4n) is 3.08. The van der Waals surface area contributed by atoms with Gasteiger partial charge in [0, 0.05) is 30.7 Å². The summed E-state index contributed by atoms with van der Waals surface area (Å²) in [4.78, 5) is 21.5. The number of benzene rings is 2. The first-order valence-electron chi connectivity index (χ1n) is 8.69. The second-order valence-corrected chi connectivity index (χ2v) is 7.41. The second-order valence-electron chi connectivity index (χ2n) is 6.40. The van der Waals surface area contributed by atoms with Gasteiger partial charge in [0.2, 0.25) is 5.91 Å². The molecule has 138 valence electrons. The summed E-state index contributed by atoms with van der Waals surface area (Å²) in [7, 11) is 1.79. The van der Waals surface area contributed by atoms with E-state index in [2.05, 4.69) is 21.4 Å². The van der Waals surface area contributed by atoms with Crippen molar-refractivity contribution in [1.82, 2.24) is 15.3 Å². The Balaban J connectivity index is 1.34. The molecule has 0 saturated heterocycles. The lowest BCUT2D eigenvalue weighted by molar-refractivity contribution is -0.119. The summed E-state index contributed by atoms with van der Waals surface area (Å²) in [5.74, 6) is -0.427. The minimum absolute atomic E-state index is 0.0860. The minimum atomic E-state index is -0.341. The Bertz CT molecular complexity index is 1100. The third-order valence-corrected chi connectivity index (χ3v) is 5.59. The molecule has 4 rings (SSSR count). The predicted molar refractivity (Wildman–Crippen MR) is 108 cm³/mol. The molecule has 0 aliphatic carbocycles. The van der Waals surface area contributed by atoms with E-state index in [0.29, 0.717) is 17.2 Å². The van der Waals surface area contributed by atoms with Gasteiger partial charge in [-0.25, -0.2) is 9.37 Å². The summed E-state index contributed by atoms with van der Waals surface area (Å²) in [5, 5.41) is 4.75. The number of hydrogen-bond acceptors (Lipinski definition) is 4. The number of carbonyl (C=O) groups excluding carboxylic acids is 1. The summed E-state index contributed by atoms with van der Waals surface area (Å²) < 4.78 is 14.6. The first kappa shape index (κ1) is 17.5. The van der Waals surface area contributed by atoms with Crippen molar-refractivity contribution in [3.05, 3.63) is 60.0 Å². The number of rotatable bonds is 6. The Labute approximate surface area is 159 Å². The van der Waals surface area contributed by atoms with E-state index in [4.69, 9.17) is 0 Å². The van der Waals surface area contributed by atoms with Gasteiger partial charge in [0.15, 0.2) is 5.13 Å². The molecule has 0 bridgehead atoms. The maximum atomic E-state index is 13.8. The van der Waals surface area contributed by atoms with Crippen LogP contribution in [0.2, 0.25) is 0 Å². The summed E-state index contributed by atoms with van der Waals surface area (Å²) >= 11 is 1.38. The molecule has 0 spiro atoms. The summed E-state index contributed by atoms with van der Waals surface area (Å²) in [6, 6.07) is 13.0. The first-order valence-corrected chi connectivity index (χ1v) is 9.51. The fraction of sp³-hybridized carbons (Fsp3) is 0.200. The average molecular weight is 382 g/mol. The van der Waals surface area contributed by atoms with Crippen LogP contribution in [0.4, 0.5) is 9.52 Å². The van der Waals surface area contributed by atoms with Gasteiger partial charge < -0.3 is 15.2 Å². The number of aromatic amines is 1. The Morgan fingerprint density at radius 1 is 1.26 bits per heavy atom. The number of thiazole rings is 1. The number of anilines is 1. The Kier molecular flexibility index (Phi) is 4.77. The van der Waals surface area contributed by atoms with Crippen molar-refractivity contribution in [1.29, 1.82) is 0 Å². The van der Waals surface area contributed by atoms with Crippen LogP contribution in [0.25, 0.3) is 21.1 Å². The van der Waals surface area contributed by atoms with Crippen LogP contribution in [-0.2, 0) is 11.2 Å². The number of carbonyl (C=O) groups is 1. The fourth-order valence-corrected chi connectivity index (χ4v) is 4.02. The van der Waals surface area contributed by atoms with Crippen LogP contribution >= 0.6 is 11.3 Å². The van der Waals surface area contributed by atoms with Crippen LogP contribution in [-0.4, -0.2) is 36.0 Å². The maximum absolute atomic E-state index is 13.8. The van der Waals surface area contributed by atoms with E-state index in [1.54, 1.807) is 18.0 Å². The molecule has 2 aromatic carbocycles. The van der Waals surface area contributed by atoms with Crippen molar-refractivity contribution in [2.24, 2.45) is 0 Å². The van der Waals surface area contributed by atoms with E-state index in [-0.39, 0.29) is 18.3 Å². The van der Waals surface area contributed by atoms with E-state index in [1.165, 1.54) is 28.4 Å². The molecule has 0 aliphatic heterocycles. The molecule has 27 heavy (non-hydrogen) atoms. The number of H-pyrrole nitrogens is 1. The smallest absolute Gasteiger partial charge is 0.239 e. The highest BCUT2D eigenvalue weighted by atomic mass is 32.1. The van der Waals surface area contributed by atoms with Gasteiger partial charge in [-0.15, -0.1) is 0 Å². The molecule has 2 heterocycles. The number of para-hydroxylation sites is 2. The molecule has 1 amide bonds. The van der Waals surface area contributed by atoms with Crippen molar-refractivity contribution >= 4 is 43.5 Å². The normalized spacial score (nSPS) is 11.2. The van der Waals surface area contributed by atoms with Gasteiger partial charge in [0.05, 0.1) is 11.2 Å². The topological polar surface area (TPSA) is 61.0 Å². The number of nitrogens with one attached hydrogen (secondary N) is 2. The zero-order valence-electron chi connectivity index (χ0n) is 14.8. The zero-order valence-corrected chi connectivity index (χ0v) is 15.6. The van der Waals surface area contributed by atoms with Gasteiger partial charge in [-0.05, 0) is 30.2 Å². The molecule has 0 saturated carbocycles. The molecule has 0 aliphatic rings. The number of nitrogens with zero attached hydrogens (tertiary/aromatic N) is 2. The van der Waals surface area contributed by atoms with E-state index in [1.807, 2.05) is 30.5 Å². The number of halogens is 1. The van der Waals surface area contributed by atoms with Crippen LogP contribution in [0.1, 0.15) is 5.56 Å². The highest BCUT2D eigenvalue weighted by Crippen LogP contribution is 2.29. The summed E-state index contributed by atoms with van der Waals surface area (Å²) in [6.07, 6.45) is 2.74. The average Bonchev–Trinajstić information content (AvgIpc) is 3.27. The molecule has 5 nitrogen and oxygen atoms in total. The van der Waals surface area contributed by atoms with Gasteiger partial charge in [0.1, 0.15) is 11.3 Å². The highest BCUT2D eigenvalue weighted by molar-refractivity contribution is 7.22. The lowest BCUT2D eigenvalue weighted by Crippen LogP contribution is -2.36. The van der Waals surface area contributed by atoms with Crippen molar-refractivity contribution in [2.45, 2.75) is 6.42 Å². The van der Waals surface area contributed by atoms with Crippen molar-refractivity contribution < 1.29 is 9.18 Å². The second kappa shape index (κ2) is 7.36. The lowest BCUT2D eigenvalue weighted by Gasteiger charge is -2.15. The van der Waals surface area contributed by atoms with Crippen LogP contribution in [0.5, 0.6) is 0 Å². The largest absolute Gasteiger partial charge is 0.361 e. The monoisotopic (exact) mass is 382 g/mol. The van der Waals surface area contributed by atoms with Gasteiger partial charge >= 0.3 is 0 Å². The number of hydrogen-bond donors (Lipinski definition) is 2. The van der Waals surface area contributed by atoms with Crippen LogP contribution in [0.15, 0.2) is 48.7 Å². The molecule has 0 fully saturated rings. The first-order chi connectivity index (χ1) is 13.1. The van der Waals surface area contributed by atoms with E-state index in [9.17, 15) is 9.18 Å². The molecule has 2 aromatic heterocycles. The predicted octanol–water partition coefficient (Wildman–Crippen LogP) is 3.71. The molecule has 0 atom stereocenters. The standard InChI is InChI=1S/C20H19FN4OS/c1-25(20-24-19-15(21)6-4-8-17(19)27-20)12-18(26)22-10-9-13-11-23-16-7-3-2-5-14(13)16/h2-8,11,23H,9-10,12H2,1H3,(H,22,26). The van der Waals surface area contributed by atoms with E-state index < -0.39 is 0 Å². The molecule has 7 heteroatoms. The van der Waals surface area contributed by atoms with Crippen LogP contribution in [0.3, 0.4) is 0 Å². The highest BCUT2D eigenvalue weighted by Gasteiger charge is 2.14. The van der Waals surface area contributed by atoms with E-state index >= 15 is 0 Å². The number of aromatic nitrogens is 2. The third kappa shape index (κ3) is 3.64. The van der Waals surface area contributed by atoms with Crippen LogP contribution in [0, 0.1) is 5.82 Å². The molecular weight excluding hydrogens is 363 g/mol. The SMILES string of the molecule is CN(CC(=O)NCCc1c[nH]c2ccccc12)c1nc2c(F)cccc2s1. The van der Waals surface area contributed by atoms with Gasteiger partial charge in [-0.2, -0.15) is 0 Å². The van der Waals surface area contributed by atoms with Gasteiger partial charge in [-0.3, -0.25) is 4.79 Å². The minimum Gasteiger partial charge on any atom is -0.361 e. The summed E-state index contributed by atoms with van der Waals surface area (Å²) in [6.45, 7) is 0.734. The Morgan fingerprint density at radius 3 is 2.96 bits per heavy atom. The Hall–Kier alpha value is -2.93. The van der Waals surface area contributed by atoms with Crippen LogP contribution < -0.4 is 10.2 Å². The molecule has 0 radical (unpaired) electrons. The summed E-state index contributed by atoms with van der Waals surface area (Å²) in [5.41, 5.74) is 2.63. The number of amides is 1. The lowest BCUT2D eigenvalue weighted by atomic mass is 10.1. The molecule has 0 unspecified atom stereocenters. The quantitative estimate of drug-likeness (QED) is 0.534. The Morgan fingerprint density at radius 2 is 2.11 bits per heavy atom.